The van der Waals surface area contributed by atoms with Crippen LogP contribution >= 0.6 is 0 Å². The normalized spacial score (nSPS) is 10.4. The molecule has 0 saturated carbocycles. The Kier molecular flexibility index (Phi) is 4.51. The summed E-state index contributed by atoms with van der Waals surface area (Å²) in [5.41, 5.74) is 1.91. The third kappa shape index (κ3) is 3.75. The van der Waals surface area contributed by atoms with Crippen LogP contribution in [0.1, 0.15) is 12.8 Å². The summed E-state index contributed by atoms with van der Waals surface area (Å²) < 4.78 is 17.9. The molecule has 0 bridgehead atoms. The molecule has 2 N–H and O–H groups in total. The number of nitrogens with one attached hydrogen (secondary N) is 2. The van der Waals surface area contributed by atoms with Gasteiger partial charge in [0.1, 0.15) is 5.82 Å². The number of anilines is 2. The molecule has 1 heterocycles. The fourth-order valence-electron chi connectivity index (χ4n) is 2.05. The molecule has 2 aromatic carbocycles. The largest absolute Gasteiger partial charge is 0.339 e. The lowest BCUT2D eigenvalue weighted by molar-refractivity contribution is 0.262. The molecule has 7 heteroatoms. The summed E-state index contributed by atoms with van der Waals surface area (Å²) in [5, 5.41) is 9.20. The van der Waals surface area contributed by atoms with E-state index >= 15 is 0 Å². The third-order valence-electron chi connectivity index (χ3n) is 3.27. The van der Waals surface area contributed by atoms with Crippen molar-refractivity contribution < 1.29 is 13.7 Å². The van der Waals surface area contributed by atoms with E-state index in [1.165, 1.54) is 24.3 Å². The zero-order valence-electron chi connectivity index (χ0n) is 12.9. The van der Waals surface area contributed by atoms with Crippen LogP contribution in [0.5, 0.6) is 0 Å². The molecule has 6 nitrogen and oxygen atoms in total. The molecule has 3 aromatic rings. The fourth-order valence-corrected chi connectivity index (χ4v) is 2.05. The molecule has 0 radical (unpaired) electrons. The average molecular weight is 326 g/mol. The van der Waals surface area contributed by atoms with Gasteiger partial charge >= 0.3 is 6.03 Å². The van der Waals surface area contributed by atoms with Gasteiger partial charge in [-0.05, 0) is 48.5 Å². The Hall–Kier alpha value is -3.22. The number of urea groups is 1. The van der Waals surface area contributed by atoms with E-state index in [0.717, 1.165) is 5.56 Å². The molecule has 0 aliphatic rings. The molecule has 0 unspecified atom stereocenters. The first-order valence-corrected chi connectivity index (χ1v) is 7.40. The highest BCUT2D eigenvalue weighted by Gasteiger charge is 2.08. The lowest BCUT2D eigenvalue weighted by Gasteiger charge is -2.07. The number of hydrogen-bond donors (Lipinski definition) is 2. The van der Waals surface area contributed by atoms with Crippen LogP contribution in [0.25, 0.3) is 11.4 Å². The SMILES string of the molecule is CCc1nc(-c2ccc(NC(=O)Nc3ccc(F)cc3)cc2)no1. The van der Waals surface area contributed by atoms with Crippen molar-refractivity contribution in [2.75, 3.05) is 10.6 Å². The quantitative estimate of drug-likeness (QED) is 0.757. The molecule has 24 heavy (non-hydrogen) atoms. The summed E-state index contributed by atoms with van der Waals surface area (Å²) >= 11 is 0. The van der Waals surface area contributed by atoms with Gasteiger partial charge in [0, 0.05) is 23.4 Å². The van der Waals surface area contributed by atoms with Crippen LogP contribution in [0.4, 0.5) is 20.6 Å². The van der Waals surface area contributed by atoms with E-state index in [1.54, 1.807) is 24.3 Å². The van der Waals surface area contributed by atoms with Crippen molar-refractivity contribution in [2.45, 2.75) is 13.3 Å². The Morgan fingerprint density at radius 1 is 1.04 bits per heavy atom. The van der Waals surface area contributed by atoms with Gasteiger partial charge in [-0.2, -0.15) is 4.98 Å². The Morgan fingerprint density at radius 2 is 1.62 bits per heavy atom. The number of nitrogens with zero attached hydrogens (tertiary/aromatic N) is 2. The molecule has 0 fully saturated rings. The zero-order chi connectivity index (χ0) is 16.9. The fraction of sp³-hybridized carbons (Fsp3) is 0.118. The lowest BCUT2D eigenvalue weighted by Crippen LogP contribution is -2.19. The first-order chi connectivity index (χ1) is 11.6. The Morgan fingerprint density at radius 3 is 2.17 bits per heavy atom. The van der Waals surface area contributed by atoms with Gasteiger partial charge in [-0.1, -0.05) is 12.1 Å². The van der Waals surface area contributed by atoms with E-state index in [1.807, 2.05) is 6.92 Å². The second kappa shape index (κ2) is 6.91. The van der Waals surface area contributed by atoms with E-state index in [9.17, 15) is 9.18 Å². The Balaban J connectivity index is 1.63. The van der Waals surface area contributed by atoms with Crippen LogP contribution in [0.3, 0.4) is 0 Å². The number of rotatable bonds is 4. The lowest BCUT2D eigenvalue weighted by atomic mass is 10.2. The van der Waals surface area contributed by atoms with Crippen molar-refractivity contribution >= 4 is 17.4 Å². The summed E-state index contributed by atoms with van der Waals surface area (Å²) in [7, 11) is 0. The summed E-state index contributed by atoms with van der Waals surface area (Å²) in [6, 6.07) is 12.2. The standard InChI is InChI=1S/C17H15FN4O2/c1-2-15-21-16(22-24-15)11-3-7-13(8-4-11)19-17(23)20-14-9-5-12(18)6-10-14/h3-10H,2H2,1H3,(H2,19,20,23). The summed E-state index contributed by atoms with van der Waals surface area (Å²) in [6.45, 7) is 1.93. The molecule has 0 spiro atoms. The number of aromatic nitrogens is 2. The van der Waals surface area contributed by atoms with Crippen LogP contribution in [0, 0.1) is 5.82 Å². The Bertz CT molecular complexity index is 829. The van der Waals surface area contributed by atoms with Gasteiger partial charge < -0.3 is 15.2 Å². The van der Waals surface area contributed by atoms with Gasteiger partial charge in [-0.15, -0.1) is 0 Å². The monoisotopic (exact) mass is 326 g/mol. The number of amides is 2. The Labute approximate surface area is 137 Å². The average Bonchev–Trinajstić information content (AvgIpc) is 3.07. The first kappa shape index (κ1) is 15.7. The molecule has 3 rings (SSSR count). The maximum atomic E-state index is 12.8. The van der Waals surface area contributed by atoms with Crippen molar-refractivity contribution in [1.82, 2.24) is 10.1 Å². The smallest absolute Gasteiger partial charge is 0.323 e. The van der Waals surface area contributed by atoms with Crippen molar-refractivity contribution in [3.63, 3.8) is 0 Å². The molecule has 0 atom stereocenters. The van der Waals surface area contributed by atoms with Gasteiger partial charge in [0.05, 0.1) is 0 Å². The summed E-state index contributed by atoms with van der Waals surface area (Å²) in [6.07, 6.45) is 0.677. The number of carbonyl (C=O) groups is 1. The number of aryl methyl sites for hydroxylation is 1. The van der Waals surface area contributed by atoms with Crippen molar-refractivity contribution in [2.24, 2.45) is 0 Å². The van der Waals surface area contributed by atoms with Gasteiger partial charge in [0.25, 0.3) is 0 Å². The van der Waals surface area contributed by atoms with Gasteiger partial charge in [-0.3, -0.25) is 0 Å². The van der Waals surface area contributed by atoms with Crippen LogP contribution in [-0.2, 0) is 6.42 Å². The summed E-state index contributed by atoms with van der Waals surface area (Å²) in [4.78, 5) is 16.2. The van der Waals surface area contributed by atoms with E-state index in [0.29, 0.717) is 29.5 Å². The molecular formula is C17H15FN4O2. The van der Waals surface area contributed by atoms with Crippen LogP contribution in [-0.4, -0.2) is 16.2 Å². The predicted molar refractivity (Wildman–Crippen MR) is 88.2 cm³/mol. The van der Waals surface area contributed by atoms with E-state index in [-0.39, 0.29) is 5.82 Å². The van der Waals surface area contributed by atoms with Crippen LogP contribution < -0.4 is 10.6 Å². The highest BCUT2D eigenvalue weighted by atomic mass is 19.1. The minimum Gasteiger partial charge on any atom is -0.339 e. The van der Waals surface area contributed by atoms with Gasteiger partial charge in [0.2, 0.25) is 11.7 Å². The van der Waals surface area contributed by atoms with Crippen molar-refractivity contribution in [3.05, 3.63) is 60.2 Å². The topological polar surface area (TPSA) is 80.0 Å². The molecule has 0 aliphatic carbocycles. The molecule has 1 aromatic heterocycles. The maximum absolute atomic E-state index is 12.8. The van der Waals surface area contributed by atoms with E-state index in [2.05, 4.69) is 20.8 Å². The number of benzene rings is 2. The van der Waals surface area contributed by atoms with Gasteiger partial charge in [0.15, 0.2) is 0 Å². The first-order valence-electron chi connectivity index (χ1n) is 7.40. The van der Waals surface area contributed by atoms with E-state index in [4.69, 9.17) is 4.52 Å². The zero-order valence-corrected chi connectivity index (χ0v) is 12.9. The van der Waals surface area contributed by atoms with E-state index < -0.39 is 6.03 Å². The number of halogens is 1. The highest BCUT2D eigenvalue weighted by molar-refractivity contribution is 5.99. The highest BCUT2D eigenvalue weighted by Crippen LogP contribution is 2.19. The van der Waals surface area contributed by atoms with Gasteiger partial charge in [-0.25, -0.2) is 9.18 Å². The molecule has 0 saturated heterocycles. The predicted octanol–water partition coefficient (Wildman–Crippen LogP) is 4.08. The number of carbonyl (C=O) groups excluding carboxylic acids is 1. The van der Waals surface area contributed by atoms with Crippen LogP contribution in [0.15, 0.2) is 53.1 Å². The molecule has 0 aliphatic heterocycles. The van der Waals surface area contributed by atoms with Crippen molar-refractivity contribution in [1.29, 1.82) is 0 Å². The van der Waals surface area contributed by atoms with Crippen molar-refractivity contribution in [3.8, 4) is 11.4 Å². The maximum Gasteiger partial charge on any atom is 0.323 e. The second-order valence-electron chi connectivity index (χ2n) is 5.03. The minimum atomic E-state index is -0.415. The third-order valence-corrected chi connectivity index (χ3v) is 3.27. The minimum absolute atomic E-state index is 0.357. The van der Waals surface area contributed by atoms with Crippen LogP contribution in [0.2, 0.25) is 0 Å². The molecule has 2 amide bonds. The molecule has 122 valence electrons. The second-order valence-corrected chi connectivity index (χ2v) is 5.03. The summed E-state index contributed by atoms with van der Waals surface area (Å²) in [5.74, 6) is 0.726. The molecular weight excluding hydrogens is 311 g/mol. The number of hydrogen-bond acceptors (Lipinski definition) is 4.